The van der Waals surface area contributed by atoms with E-state index >= 15 is 0 Å². The van der Waals surface area contributed by atoms with E-state index in [1.165, 1.54) is 12.0 Å². The number of benzene rings is 3. The molecule has 2 amide bonds. The van der Waals surface area contributed by atoms with E-state index in [0.29, 0.717) is 22.0 Å². The number of carbonyl (C=O) groups excluding carboxylic acids is 2. The first-order chi connectivity index (χ1) is 19.4. The van der Waals surface area contributed by atoms with Crippen molar-refractivity contribution in [2.45, 2.75) is 45.3 Å². The number of para-hydroxylation sites is 2. The molecule has 0 fully saturated rings. The average Bonchev–Trinajstić information content (AvgIpc) is 2.95. The molecule has 0 aliphatic carbocycles. The zero-order valence-electron chi connectivity index (χ0n) is 23.5. The summed E-state index contributed by atoms with van der Waals surface area (Å²) >= 11 is 12.4. The molecule has 11 heteroatoms. The van der Waals surface area contributed by atoms with Crippen LogP contribution in [0.4, 0.5) is 5.69 Å². The van der Waals surface area contributed by atoms with Crippen molar-refractivity contribution in [3.05, 3.63) is 94.0 Å². The summed E-state index contributed by atoms with van der Waals surface area (Å²) < 4.78 is 32.3. The second kappa shape index (κ2) is 14.6. The summed E-state index contributed by atoms with van der Waals surface area (Å²) in [7, 11) is -2.50. The molecule has 2 atom stereocenters. The number of halogens is 2. The van der Waals surface area contributed by atoms with E-state index in [-0.39, 0.29) is 36.4 Å². The van der Waals surface area contributed by atoms with Gasteiger partial charge in [0.05, 0.1) is 29.1 Å². The van der Waals surface area contributed by atoms with Crippen LogP contribution in [0.5, 0.6) is 5.75 Å². The Bertz CT molecular complexity index is 1450. The van der Waals surface area contributed by atoms with Crippen LogP contribution < -0.4 is 14.4 Å². The lowest BCUT2D eigenvalue weighted by Crippen LogP contribution is -2.54. The van der Waals surface area contributed by atoms with Gasteiger partial charge in [0.25, 0.3) is 0 Å². The van der Waals surface area contributed by atoms with Gasteiger partial charge in [0, 0.05) is 19.0 Å². The van der Waals surface area contributed by atoms with Gasteiger partial charge in [0.1, 0.15) is 18.3 Å². The fourth-order valence-electron chi connectivity index (χ4n) is 4.26. The van der Waals surface area contributed by atoms with Crippen LogP contribution in [-0.2, 0) is 32.6 Å². The minimum Gasteiger partial charge on any atom is -0.495 e. The molecule has 0 spiro atoms. The Labute approximate surface area is 252 Å². The Morgan fingerprint density at radius 2 is 1.61 bits per heavy atom. The Kier molecular flexibility index (Phi) is 11.5. The predicted molar refractivity (Wildman–Crippen MR) is 164 cm³/mol. The van der Waals surface area contributed by atoms with E-state index in [0.717, 1.165) is 16.1 Å². The number of anilines is 1. The van der Waals surface area contributed by atoms with Crippen molar-refractivity contribution >= 4 is 50.7 Å². The minimum absolute atomic E-state index is 0.00925. The number of hydrogen-bond acceptors (Lipinski definition) is 5. The Morgan fingerprint density at radius 3 is 2.22 bits per heavy atom. The van der Waals surface area contributed by atoms with E-state index in [1.54, 1.807) is 42.5 Å². The lowest BCUT2D eigenvalue weighted by atomic mass is 10.0. The molecule has 0 aliphatic rings. The van der Waals surface area contributed by atoms with Gasteiger partial charge < -0.3 is 15.0 Å². The lowest BCUT2D eigenvalue weighted by Gasteiger charge is -2.34. The number of nitrogens with one attached hydrogen (secondary N) is 1. The molecule has 0 bridgehead atoms. The van der Waals surface area contributed by atoms with Crippen LogP contribution in [0.3, 0.4) is 0 Å². The first-order valence-electron chi connectivity index (χ1n) is 13.1. The highest BCUT2D eigenvalue weighted by Gasteiger charge is 2.34. The number of methoxy groups -OCH3 is 1. The number of hydrogen-bond donors (Lipinski definition) is 1. The highest BCUT2D eigenvalue weighted by atomic mass is 35.5. The third kappa shape index (κ3) is 8.86. The molecule has 0 unspecified atom stereocenters. The number of amides is 2. The van der Waals surface area contributed by atoms with Crippen LogP contribution >= 0.6 is 23.2 Å². The van der Waals surface area contributed by atoms with Crippen molar-refractivity contribution in [2.75, 3.05) is 24.2 Å². The van der Waals surface area contributed by atoms with Gasteiger partial charge >= 0.3 is 0 Å². The molecule has 8 nitrogen and oxygen atoms in total. The molecule has 0 heterocycles. The lowest BCUT2D eigenvalue weighted by molar-refractivity contribution is -0.140. The summed E-state index contributed by atoms with van der Waals surface area (Å²) in [4.78, 5) is 29.3. The number of sulfonamides is 1. The van der Waals surface area contributed by atoms with Gasteiger partial charge in [0.15, 0.2) is 0 Å². The van der Waals surface area contributed by atoms with Crippen molar-refractivity contribution in [3.63, 3.8) is 0 Å². The second-order valence-electron chi connectivity index (χ2n) is 9.73. The summed E-state index contributed by atoms with van der Waals surface area (Å²) in [5.41, 5.74) is 1.68. The van der Waals surface area contributed by atoms with Gasteiger partial charge in [-0.15, -0.1) is 0 Å². The summed E-state index contributed by atoms with van der Waals surface area (Å²) in [5, 5.41) is 3.64. The van der Waals surface area contributed by atoms with Crippen LogP contribution in [0.15, 0.2) is 72.8 Å². The molecule has 3 aromatic rings. The Hall–Kier alpha value is -3.27. The number of carbonyl (C=O) groups is 2. The largest absolute Gasteiger partial charge is 0.495 e. The normalized spacial score (nSPS) is 12.7. The smallest absolute Gasteiger partial charge is 0.244 e. The quantitative estimate of drug-likeness (QED) is 0.279. The molecule has 0 saturated carbocycles. The first kappa shape index (κ1) is 32.2. The van der Waals surface area contributed by atoms with Gasteiger partial charge in [-0.05, 0) is 48.7 Å². The van der Waals surface area contributed by atoms with Crippen molar-refractivity contribution in [1.82, 2.24) is 10.2 Å². The third-order valence-corrected chi connectivity index (χ3v) is 8.51. The summed E-state index contributed by atoms with van der Waals surface area (Å²) in [6.45, 7) is 3.27. The zero-order chi connectivity index (χ0) is 30.2. The van der Waals surface area contributed by atoms with E-state index in [9.17, 15) is 18.0 Å². The minimum atomic E-state index is -3.93. The van der Waals surface area contributed by atoms with Crippen molar-refractivity contribution in [3.8, 4) is 5.75 Å². The summed E-state index contributed by atoms with van der Waals surface area (Å²) in [6, 6.07) is 19.8. The van der Waals surface area contributed by atoms with Crippen molar-refractivity contribution in [1.29, 1.82) is 0 Å². The Morgan fingerprint density at radius 1 is 0.951 bits per heavy atom. The van der Waals surface area contributed by atoms with Gasteiger partial charge in [-0.25, -0.2) is 8.42 Å². The maximum Gasteiger partial charge on any atom is 0.244 e. The number of rotatable bonds is 13. The molecule has 41 heavy (non-hydrogen) atoms. The van der Waals surface area contributed by atoms with Crippen molar-refractivity contribution in [2.24, 2.45) is 0 Å². The highest BCUT2D eigenvalue weighted by Crippen LogP contribution is 2.30. The van der Waals surface area contributed by atoms with Crippen molar-refractivity contribution < 1.29 is 22.7 Å². The van der Waals surface area contributed by atoms with Crippen LogP contribution in [0.25, 0.3) is 0 Å². The Balaban J connectivity index is 2.10. The molecule has 0 radical (unpaired) electrons. The number of ether oxygens (including phenoxy) is 1. The molecule has 220 valence electrons. The summed E-state index contributed by atoms with van der Waals surface area (Å²) in [5.74, 6) is -0.635. The maximum atomic E-state index is 14.2. The average molecular weight is 621 g/mol. The molecule has 1 N–H and O–H groups in total. The molecular formula is C30H35Cl2N3O5S. The standard InChI is InChI=1S/C30H35Cl2N3O5S/c1-5-21(2)33-30(37)27(18-22-11-7-6-8-12-22)34(19-23-15-16-24(31)25(32)17-23)29(36)20-35(41(4,38)39)26-13-9-10-14-28(26)40-3/h6-17,21,27H,5,18-20H2,1-4H3,(H,33,37)/t21-,27-/m1/s1. The predicted octanol–water partition coefficient (Wildman–Crippen LogP) is 5.32. The second-order valence-corrected chi connectivity index (χ2v) is 12.5. The first-order valence-corrected chi connectivity index (χ1v) is 15.7. The van der Waals surface area contributed by atoms with Crippen LogP contribution in [0.2, 0.25) is 10.0 Å². The fourth-order valence-corrected chi connectivity index (χ4v) is 5.43. The van der Waals surface area contributed by atoms with Crippen LogP contribution in [0, 0.1) is 0 Å². The third-order valence-electron chi connectivity index (χ3n) is 6.64. The van der Waals surface area contributed by atoms with Crippen LogP contribution in [-0.4, -0.2) is 57.1 Å². The summed E-state index contributed by atoms with van der Waals surface area (Å²) in [6.07, 6.45) is 1.93. The van der Waals surface area contributed by atoms with E-state index in [1.807, 2.05) is 44.2 Å². The van der Waals surface area contributed by atoms with Gasteiger partial charge in [-0.3, -0.25) is 13.9 Å². The van der Waals surface area contributed by atoms with Gasteiger partial charge in [0.2, 0.25) is 21.8 Å². The molecule has 0 aliphatic heterocycles. The van der Waals surface area contributed by atoms with Gasteiger partial charge in [-0.2, -0.15) is 0 Å². The topological polar surface area (TPSA) is 96.0 Å². The monoisotopic (exact) mass is 619 g/mol. The van der Waals surface area contributed by atoms with E-state index in [2.05, 4.69) is 5.32 Å². The molecule has 0 aromatic heterocycles. The SMILES string of the molecule is CC[C@@H](C)NC(=O)[C@@H](Cc1ccccc1)N(Cc1ccc(Cl)c(Cl)c1)C(=O)CN(c1ccccc1OC)S(C)(=O)=O. The zero-order valence-corrected chi connectivity index (χ0v) is 25.8. The fraction of sp³-hybridized carbons (Fsp3) is 0.333. The number of nitrogens with zero attached hydrogens (tertiary/aromatic N) is 2. The van der Waals surface area contributed by atoms with Crippen LogP contribution in [0.1, 0.15) is 31.4 Å². The van der Waals surface area contributed by atoms with Gasteiger partial charge in [-0.1, -0.05) is 78.7 Å². The highest BCUT2D eigenvalue weighted by molar-refractivity contribution is 7.92. The molecular weight excluding hydrogens is 585 g/mol. The van der Waals surface area contributed by atoms with E-state index < -0.39 is 28.5 Å². The molecule has 0 saturated heterocycles. The van der Waals surface area contributed by atoms with E-state index in [4.69, 9.17) is 27.9 Å². The maximum absolute atomic E-state index is 14.2. The molecule has 3 rings (SSSR count). The molecule has 3 aromatic carbocycles.